The van der Waals surface area contributed by atoms with Gasteiger partial charge in [-0.15, -0.1) is 0 Å². The molecular formula is C14H15N3O5. The molecule has 1 heterocycles. The molecule has 2 unspecified atom stereocenters. The number of nitro benzene ring substituents is 1. The molecule has 1 aromatic rings. The van der Waals surface area contributed by atoms with Crippen molar-refractivity contribution in [2.75, 3.05) is 0 Å². The van der Waals surface area contributed by atoms with Crippen molar-refractivity contribution in [3.8, 4) is 0 Å². The van der Waals surface area contributed by atoms with E-state index in [4.69, 9.17) is 0 Å². The lowest BCUT2D eigenvalue weighted by molar-refractivity contribution is -0.385. The van der Waals surface area contributed by atoms with E-state index in [1.807, 2.05) is 6.92 Å². The van der Waals surface area contributed by atoms with Gasteiger partial charge in [-0.25, -0.2) is 19.5 Å². The van der Waals surface area contributed by atoms with Gasteiger partial charge in [0.2, 0.25) is 0 Å². The Labute approximate surface area is 126 Å². The van der Waals surface area contributed by atoms with Gasteiger partial charge in [0, 0.05) is 23.8 Å². The van der Waals surface area contributed by atoms with Crippen LogP contribution in [-0.2, 0) is 0 Å². The molecule has 0 saturated heterocycles. The fourth-order valence-corrected chi connectivity index (χ4v) is 2.74. The molecule has 8 nitrogen and oxygen atoms in total. The summed E-state index contributed by atoms with van der Waals surface area (Å²) in [6, 6.07) is 4.00. The van der Waals surface area contributed by atoms with E-state index in [1.165, 1.54) is 18.2 Å². The molecule has 3 amide bonds. The Balaban J connectivity index is 2.58. The monoisotopic (exact) mass is 305 g/mol. The predicted molar refractivity (Wildman–Crippen MR) is 78.0 cm³/mol. The fourth-order valence-electron chi connectivity index (χ4n) is 2.74. The number of urea groups is 1. The number of non-ortho nitro benzene ring substituents is 1. The van der Waals surface area contributed by atoms with Crippen molar-refractivity contribution < 1.29 is 19.6 Å². The number of benzene rings is 1. The van der Waals surface area contributed by atoms with Gasteiger partial charge >= 0.3 is 12.1 Å². The van der Waals surface area contributed by atoms with Crippen molar-refractivity contribution in [3.63, 3.8) is 0 Å². The van der Waals surface area contributed by atoms with Crippen LogP contribution in [0.5, 0.6) is 0 Å². The zero-order valence-electron chi connectivity index (χ0n) is 12.1. The quantitative estimate of drug-likeness (QED) is 0.680. The number of carbonyl (C=O) groups is 2. The summed E-state index contributed by atoms with van der Waals surface area (Å²) in [4.78, 5) is 38.1. The van der Waals surface area contributed by atoms with Crippen LogP contribution in [0.4, 0.5) is 15.3 Å². The van der Waals surface area contributed by atoms with Crippen LogP contribution in [0, 0.1) is 16.0 Å². The summed E-state index contributed by atoms with van der Waals surface area (Å²) < 4.78 is 0. The summed E-state index contributed by atoms with van der Waals surface area (Å²) in [5, 5.41) is 20.2. The fraction of sp³-hybridized carbons (Fsp3) is 0.357. The van der Waals surface area contributed by atoms with E-state index in [1.54, 1.807) is 13.0 Å². The molecule has 8 heteroatoms. The smallest absolute Gasteiger partial charge is 0.416 e. The average molecular weight is 305 g/mol. The first-order valence-electron chi connectivity index (χ1n) is 6.72. The van der Waals surface area contributed by atoms with E-state index in [9.17, 15) is 24.8 Å². The standard InChI is InChI=1S/C14H15N3O5/c1-3-11-8(2)15-13(18)16(14(19)20)12(11)9-5-4-6-10(7-9)17(21)22/h4-7,11-12H,3H2,1-2H3,(H,19,20). The van der Waals surface area contributed by atoms with Gasteiger partial charge in [0.15, 0.2) is 0 Å². The molecule has 0 saturated carbocycles. The Morgan fingerprint density at radius 3 is 2.73 bits per heavy atom. The van der Waals surface area contributed by atoms with E-state index in [-0.39, 0.29) is 11.6 Å². The third-order valence-electron chi connectivity index (χ3n) is 3.74. The number of hydrogen-bond donors (Lipinski definition) is 1. The third-order valence-corrected chi connectivity index (χ3v) is 3.74. The summed E-state index contributed by atoms with van der Waals surface area (Å²) in [7, 11) is 0. The van der Waals surface area contributed by atoms with Gasteiger partial charge in [-0.3, -0.25) is 10.1 Å². The largest absolute Gasteiger partial charge is 0.465 e. The molecule has 22 heavy (non-hydrogen) atoms. The predicted octanol–water partition coefficient (Wildman–Crippen LogP) is 3.24. The number of aliphatic imine (C=N–C) groups is 1. The molecule has 2 rings (SSSR count). The maximum atomic E-state index is 11.9. The number of carboxylic acid groups (broad SMARTS) is 1. The van der Waals surface area contributed by atoms with Crippen molar-refractivity contribution in [2.24, 2.45) is 10.9 Å². The SMILES string of the molecule is CCC1C(C)=NC(=O)N(C(=O)O)C1c1cccc([N+](=O)[O-])c1. The van der Waals surface area contributed by atoms with Gasteiger partial charge in [0.1, 0.15) is 0 Å². The van der Waals surface area contributed by atoms with Crippen LogP contribution in [0.25, 0.3) is 0 Å². The number of hydrogen-bond acceptors (Lipinski definition) is 4. The van der Waals surface area contributed by atoms with Crippen LogP contribution in [-0.4, -0.2) is 32.8 Å². The zero-order chi connectivity index (χ0) is 16.4. The van der Waals surface area contributed by atoms with Crippen LogP contribution in [0.3, 0.4) is 0 Å². The number of nitro groups is 1. The molecule has 0 radical (unpaired) electrons. The topological polar surface area (TPSA) is 113 Å². The number of carbonyl (C=O) groups excluding carboxylic acids is 1. The van der Waals surface area contributed by atoms with Crippen molar-refractivity contribution in [2.45, 2.75) is 26.3 Å². The van der Waals surface area contributed by atoms with Crippen LogP contribution < -0.4 is 0 Å². The minimum absolute atomic E-state index is 0.148. The Hall–Kier alpha value is -2.77. The lowest BCUT2D eigenvalue weighted by atomic mass is 9.85. The van der Waals surface area contributed by atoms with Crippen molar-refractivity contribution >= 4 is 23.5 Å². The Morgan fingerprint density at radius 1 is 1.50 bits per heavy atom. The maximum Gasteiger partial charge on any atom is 0.416 e. The molecule has 2 atom stereocenters. The number of nitrogens with zero attached hydrogens (tertiary/aromatic N) is 3. The second-order valence-electron chi connectivity index (χ2n) is 5.00. The average Bonchev–Trinajstić information content (AvgIpc) is 2.46. The summed E-state index contributed by atoms with van der Waals surface area (Å²) >= 11 is 0. The van der Waals surface area contributed by atoms with E-state index in [2.05, 4.69) is 4.99 Å². The molecule has 0 aromatic heterocycles. The highest BCUT2D eigenvalue weighted by Gasteiger charge is 2.41. The zero-order valence-corrected chi connectivity index (χ0v) is 12.1. The summed E-state index contributed by atoms with van der Waals surface area (Å²) in [6.07, 6.45) is -0.865. The lowest BCUT2D eigenvalue weighted by Crippen LogP contribution is -2.46. The molecule has 116 valence electrons. The Bertz CT molecular complexity index is 670. The maximum absolute atomic E-state index is 11.9. The highest BCUT2D eigenvalue weighted by Crippen LogP contribution is 2.36. The van der Waals surface area contributed by atoms with Crippen molar-refractivity contribution in [3.05, 3.63) is 39.9 Å². The van der Waals surface area contributed by atoms with Crippen LogP contribution >= 0.6 is 0 Å². The summed E-state index contributed by atoms with van der Waals surface area (Å²) in [5.41, 5.74) is 0.790. The molecule has 1 N–H and O–H groups in total. The van der Waals surface area contributed by atoms with Gasteiger partial charge in [-0.1, -0.05) is 19.1 Å². The summed E-state index contributed by atoms with van der Waals surface area (Å²) in [6.45, 7) is 3.51. The second kappa shape index (κ2) is 5.92. The van der Waals surface area contributed by atoms with Crippen LogP contribution in [0.15, 0.2) is 29.3 Å². The van der Waals surface area contributed by atoms with Gasteiger partial charge in [-0.2, -0.15) is 0 Å². The molecule has 1 aromatic carbocycles. The van der Waals surface area contributed by atoms with Gasteiger partial charge in [-0.05, 0) is 18.9 Å². The van der Waals surface area contributed by atoms with Crippen molar-refractivity contribution in [1.82, 2.24) is 4.90 Å². The Kier molecular flexibility index (Phi) is 4.20. The minimum atomic E-state index is -1.42. The molecule has 0 fully saturated rings. The van der Waals surface area contributed by atoms with E-state index in [0.717, 1.165) is 0 Å². The first-order chi connectivity index (χ1) is 10.4. The molecular weight excluding hydrogens is 290 g/mol. The highest BCUT2D eigenvalue weighted by atomic mass is 16.6. The molecule has 0 spiro atoms. The molecule has 0 bridgehead atoms. The van der Waals surface area contributed by atoms with Gasteiger partial charge in [0.05, 0.1) is 11.0 Å². The van der Waals surface area contributed by atoms with Crippen LogP contribution in [0.2, 0.25) is 0 Å². The molecule has 0 aliphatic carbocycles. The van der Waals surface area contributed by atoms with E-state index < -0.39 is 23.1 Å². The first kappa shape index (κ1) is 15.6. The minimum Gasteiger partial charge on any atom is -0.465 e. The second-order valence-corrected chi connectivity index (χ2v) is 5.00. The Morgan fingerprint density at radius 2 is 2.18 bits per heavy atom. The first-order valence-corrected chi connectivity index (χ1v) is 6.72. The number of imide groups is 1. The van der Waals surface area contributed by atoms with Gasteiger partial charge in [0.25, 0.3) is 5.69 Å². The van der Waals surface area contributed by atoms with E-state index >= 15 is 0 Å². The lowest BCUT2D eigenvalue weighted by Gasteiger charge is -2.36. The van der Waals surface area contributed by atoms with Crippen LogP contribution in [0.1, 0.15) is 31.9 Å². The normalized spacial score (nSPS) is 21.5. The summed E-state index contributed by atoms with van der Waals surface area (Å²) in [5.74, 6) is -0.309. The van der Waals surface area contributed by atoms with Crippen molar-refractivity contribution in [1.29, 1.82) is 0 Å². The van der Waals surface area contributed by atoms with Gasteiger partial charge < -0.3 is 5.11 Å². The highest BCUT2D eigenvalue weighted by molar-refractivity contribution is 6.03. The molecule has 1 aliphatic heterocycles. The number of rotatable bonds is 3. The third kappa shape index (κ3) is 2.67. The van der Waals surface area contributed by atoms with E-state index in [0.29, 0.717) is 22.6 Å². The number of amides is 3. The molecule has 1 aliphatic rings.